The van der Waals surface area contributed by atoms with E-state index in [0.29, 0.717) is 10.6 Å². The number of halogens is 3. The minimum absolute atomic E-state index is 0.00166. The van der Waals surface area contributed by atoms with E-state index < -0.39 is 27.7 Å². The minimum atomic E-state index is -3.99. The summed E-state index contributed by atoms with van der Waals surface area (Å²) in [5.74, 6) is -1.36. The van der Waals surface area contributed by atoms with Gasteiger partial charge in [0.15, 0.2) is 11.6 Å². The number of ether oxygens (including phenoxy) is 2. The van der Waals surface area contributed by atoms with Gasteiger partial charge in [0.25, 0.3) is 5.88 Å². The van der Waals surface area contributed by atoms with E-state index in [1.165, 1.54) is 36.3 Å². The second kappa shape index (κ2) is 9.86. The molecule has 0 fully saturated rings. The summed E-state index contributed by atoms with van der Waals surface area (Å²) < 4.78 is 69.5. The molecule has 37 heavy (non-hydrogen) atoms. The number of aryl methyl sites for hydroxylation is 1. The van der Waals surface area contributed by atoms with Crippen LogP contribution in [0.15, 0.2) is 42.9 Å². The van der Waals surface area contributed by atoms with E-state index in [1.807, 2.05) is 0 Å². The van der Waals surface area contributed by atoms with Gasteiger partial charge in [-0.15, -0.1) is 10.2 Å². The van der Waals surface area contributed by atoms with Crippen molar-refractivity contribution < 1.29 is 26.7 Å². The molecule has 0 amide bonds. The number of benzene rings is 1. The first-order chi connectivity index (χ1) is 17.8. The molecule has 0 aliphatic carbocycles. The molecule has 1 aliphatic rings. The largest absolute Gasteiger partial charge is 0.485 e. The van der Waals surface area contributed by atoms with Crippen LogP contribution in [0.5, 0.6) is 11.6 Å². The number of pyridine rings is 1. The normalized spacial score (nSPS) is 14.8. The van der Waals surface area contributed by atoms with Gasteiger partial charge in [0.05, 0.1) is 23.4 Å². The average molecular weight is 550 g/mol. The molecule has 1 N–H and O–H groups in total. The Labute approximate surface area is 214 Å². The van der Waals surface area contributed by atoms with Crippen LogP contribution in [0.2, 0.25) is 5.02 Å². The number of anilines is 1. The van der Waals surface area contributed by atoms with Crippen LogP contribution < -0.4 is 14.2 Å². The molecule has 4 aromatic rings. The second-order valence-electron chi connectivity index (χ2n) is 7.90. The molecular weight excluding hydrogens is 532 g/mol. The number of hydrogen-bond acceptors (Lipinski definition) is 9. The van der Waals surface area contributed by atoms with E-state index in [9.17, 15) is 17.2 Å². The molecule has 1 aliphatic heterocycles. The Morgan fingerprint density at radius 3 is 2.70 bits per heavy atom. The van der Waals surface area contributed by atoms with Crippen molar-refractivity contribution in [3.8, 4) is 23.0 Å². The molecule has 192 valence electrons. The molecule has 0 radical (unpaired) electrons. The van der Waals surface area contributed by atoms with Crippen molar-refractivity contribution in [2.75, 3.05) is 24.2 Å². The number of fused-ring (bicyclic) bond motifs is 3. The zero-order valence-electron chi connectivity index (χ0n) is 19.1. The summed E-state index contributed by atoms with van der Waals surface area (Å²) in [5, 5.41) is 8.51. The molecular formula is C22H18ClF2N7O4S. The van der Waals surface area contributed by atoms with E-state index in [2.05, 4.69) is 29.9 Å². The topological polar surface area (TPSA) is 134 Å². The first-order valence-corrected chi connectivity index (χ1v) is 12.8. The fourth-order valence-electron chi connectivity index (χ4n) is 3.85. The summed E-state index contributed by atoms with van der Waals surface area (Å²) in [6, 6.07) is 3.69. The van der Waals surface area contributed by atoms with Gasteiger partial charge in [-0.1, -0.05) is 17.7 Å². The zero-order valence-corrected chi connectivity index (χ0v) is 20.7. The second-order valence-corrected chi connectivity index (χ2v) is 10.2. The molecule has 0 unspecified atom stereocenters. The Balaban J connectivity index is 1.55. The third kappa shape index (κ3) is 5.02. The van der Waals surface area contributed by atoms with Crippen LogP contribution >= 0.6 is 11.6 Å². The number of hydrogen-bond donors (Lipinski definition) is 1. The average Bonchev–Trinajstić information content (AvgIpc) is 3.18. The highest BCUT2D eigenvalue weighted by atomic mass is 35.5. The van der Waals surface area contributed by atoms with Crippen LogP contribution in [0.4, 0.5) is 14.7 Å². The van der Waals surface area contributed by atoms with Crippen molar-refractivity contribution in [1.82, 2.24) is 29.7 Å². The highest BCUT2D eigenvalue weighted by molar-refractivity contribution is 7.92. The number of methoxy groups -OCH3 is 1. The van der Waals surface area contributed by atoms with Gasteiger partial charge < -0.3 is 9.47 Å². The molecule has 0 saturated carbocycles. The Morgan fingerprint density at radius 2 is 1.97 bits per heavy atom. The molecule has 15 heteroatoms. The number of sulfonamides is 1. The lowest BCUT2D eigenvalue weighted by Gasteiger charge is -2.21. The molecule has 0 saturated heterocycles. The molecule has 5 rings (SSSR count). The van der Waals surface area contributed by atoms with Crippen molar-refractivity contribution in [2.45, 2.75) is 12.5 Å². The Bertz CT molecular complexity index is 1570. The third-order valence-electron chi connectivity index (χ3n) is 5.54. The number of nitrogens with zero attached hydrogens (tertiary/aromatic N) is 6. The molecule has 1 aromatic carbocycles. The smallest absolute Gasteiger partial charge is 0.257 e. The maximum Gasteiger partial charge on any atom is 0.257 e. The fourth-order valence-corrected chi connectivity index (χ4v) is 4.92. The molecule has 0 spiro atoms. The van der Waals surface area contributed by atoms with Crippen molar-refractivity contribution in [2.24, 2.45) is 0 Å². The quantitative estimate of drug-likeness (QED) is 0.369. The summed E-state index contributed by atoms with van der Waals surface area (Å²) >= 11 is 5.77. The number of aromatic nitrogens is 6. The van der Waals surface area contributed by atoms with E-state index >= 15 is 0 Å². The van der Waals surface area contributed by atoms with E-state index in [-0.39, 0.29) is 53.6 Å². The molecule has 3 aromatic heterocycles. The molecule has 11 nitrogen and oxygen atoms in total. The first kappa shape index (κ1) is 24.8. The van der Waals surface area contributed by atoms with Gasteiger partial charge in [-0.05, 0) is 12.1 Å². The lowest BCUT2D eigenvalue weighted by molar-refractivity contribution is 0.260. The lowest BCUT2D eigenvalue weighted by Crippen LogP contribution is -2.25. The fraction of sp³-hybridized carbons (Fsp3) is 0.227. The van der Waals surface area contributed by atoms with Crippen LogP contribution in [0.25, 0.3) is 11.4 Å². The van der Waals surface area contributed by atoms with Crippen molar-refractivity contribution in [1.29, 1.82) is 0 Å². The van der Waals surface area contributed by atoms with Crippen molar-refractivity contribution in [3.63, 3.8) is 0 Å². The lowest BCUT2D eigenvalue weighted by atomic mass is 10.1. The Morgan fingerprint density at radius 1 is 1.19 bits per heavy atom. The standard InChI is InChI=1S/C22H18ClF2N7O4S/c1-35-21-19-15(4-6-26-21)20-29-30-22(31-37(33,34)7-5-18-27-9-12(23)10-28-18)32(20)17(11-36-19)14-3-2-13(24)8-16(14)25/h2-4,6,8-10,17H,5,7,11H2,1H3,(H,30,31)/t17-/m1/s1. The van der Waals surface area contributed by atoms with Gasteiger partial charge in [-0.2, -0.15) is 0 Å². The maximum absolute atomic E-state index is 14.9. The predicted molar refractivity (Wildman–Crippen MR) is 128 cm³/mol. The van der Waals surface area contributed by atoms with Crippen molar-refractivity contribution >= 4 is 27.6 Å². The maximum atomic E-state index is 14.9. The summed E-state index contributed by atoms with van der Waals surface area (Å²) in [5.41, 5.74) is 0.432. The van der Waals surface area contributed by atoms with Gasteiger partial charge in [0, 0.05) is 36.6 Å². The first-order valence-electron chi connectivity index (χ1n) is 10.8. The third-order valence-corrected chi connectivity index (χ3v) is 6.97. The van der Waals surface area contributed by atoms with Gasteiger partial charge in [0.2, 0.25) is 16.0 Å². The van der Waals surface area contributed by atoms with E-state index in [4.69, 9.17) is 21.1 Å². The van der Waals surface area contributed by atoms with Crippen LogP contribution in [0, 0.1) is 11.6 Å². The highest BCUT2D eigenvalue weighted by Gasteiger charge is 2.33. The van der Waals surface area contributed by atoms with Crippen LogP contribution in [-0.4, -0.2) is 57.6 Å². The summed E-state index contributed by atoms with van der Waals surface area (Å²) in [6.45, 7) is -0.185. The predicted octanol–water partition coefficient (Wildman–Crippen LogP) is 3.04. The molecule has 4 heterocycles. The van der Waals surface area contributed by atoms with Crippen molar-refractivity contribution in [3.05, 3.63) is 70.9 Å². The summed E-state index contributed by atoms with van der Waals surface area (Å²) in [4.78, 5) is 12.1. The van der Waals surface area contributed by atoms with Gasteiger partial charge in [0.1, 0.15) is 30.1 Å². The highest BCUT2D eigenvalue weighted by Crippen LogP contribution is 2.42. The SMILES string of the molecule is COc1nccc2c1OC[C@H](c1ccc(F)cc1F)n1c(NS(=O)(=O)CCc3ncc(Cl)cn3)nnc1-2. The van der Waals surface area contributed by atoms with E-state index in [1.54, 1.807) is 6.07 Å². The zero-order chi connectivity index (χ0) is 26.2. The minimum Gasteiger partial charge on any atom is -0.485 e. The number of rotatable bonds is 7. The van der Waals surface area contributed by atoms with Crippen LogP contribution in [0.3, 0.4) is 0 Å². The Hall–Kier alpha value is -3.91. The molecule has 1 atom stereocenters. The van der Waals surface area contributed by atoms with Gasteiger partial charge in [-0.3, -0.25) is 9.29 Å². The monoisotopic (exact) mass is 549 g/mol. The Kier molecular flexibility index (Phi) is 6.60. The van der Waals surface area contributed by atoms with Crippen LogP contribution in [-0.2, 0) is 16.4 Å². The van der Waals surface area contributed by atoms with Gasteiger partial charge >= 0.3 is 0 Å². The summed E-state index contributed by atoms with van der Waals surface area (Å²) in [6.07, 6.45) is 4.18. The van der Waals surface area contributed by atoms with Crippen LogP contribution in [0.1, 0.15) is 17.4 Å². The van der Waals surface area contributed by atoms with Gasteiger partial charge in [-0.25, -0.2) is 32.2 Å². The van der Waals surface area contributed by atoms with E-state index in [0.717, 1.165) is 12.1 Å². The summed E-state index contributed by atoms with van der Waals surface area (Å²) in [7, 11) is -2.58. The number of nitrogens with one attached hydrogen (secondary N) is 1. The molecule has 0 bridgehead atoms.